The molecule has 2 fully saturated rings. The maximum atomic E-state index is 13.2. The molecule has 0 saturated carbocycles. The van der Waals surface area contributed by atoms with Crippen LogP contribution in [0.5, 0.6) is 0 Å². The van der Waals surface area contributed by atoms with E-state index >= 15 is 0 Å². The summed E-state index contributed by atoms with van der Waals surface area (Å²) in [6, 6.07) is 0.823. The van der Waals surface area contributed by atoms with Gasteiger partial charge < -0.3 is 15.5 Å². The molecular formula is C17H28FN5. The first-order valence-electron chi connectivity index (χ1n) is 8.91. The summed E-state index contributed by atoms with van der Waals surface area (Å²) < 4.78 is 13.2. The second-order valence-electron chi connectivity index (χ2n) is 6.73. The molecule has 1 aromatic heterocycles. The van der Waals surface area contributed by atoms with Gasteiger partial charge in [0.1, 0.15) is 18.3 Å². The maximum absolute atomic E-state index is 13.2. The van der Waals surface area contributed by atoms with Crippen molar-refractivity contribution in [2.24, 2.45) is 0 Å². The van der Waals surface area contributed by atoms with Gasteiger partial charge in [0.15, 0.2) is 0 Å². The quantitative estimate of drug-likeness (QED) is 0.835. The van der Waals surface area contributed by atoms with E-state index < -0.39 is 6.17 Å². The zero-order valence-corrected chi connectivity index (χ0v) is 14.0. The van der Waals surface area contributed by atoms with Crippen LogP contribution in [0.2, 0.25) is 0 Å². The van der Waals surface area contributed by atoms with Crippen LogP contribution in [0.1, 0.15) is 38.2 Å². The summed E-state index contributed by atoms with van der Waals surface area (Å²) in [5.41, 5.74) is 1.26. The van der Waals surface area contributed by atoms with E-state index in [-0.39, 0.29) is 0 Å². The normalized spacial score (nSPS) is 25.9. The van der Waals surface area contributed by atoms with E-state index in [9.17, 15) is 4.39 Å². The van der Waals surface area contributed by atoms with Crippen molar-refractivity contribution in [2.75, 3.05) is 31.1 Å². The number of aryl methyl sites for hydroxylation is 1. The van der Waals surface area contributed by atoms with Crippen molar-refractivity contribution in [1.82, 2.24) is 20.6 Å². The number of piperidine rings is 1. The molecule has 0 unspecified atom stereocenters. The zero-order chi connectivity index (χ0) is 16.1. The summed E-state index contributed by atoms with van der Waals surface area (Å²) in [4.78, 5) is 11.1. The molecule has 23 heavy (non-hydrogen) atoms. The fourth-order valence-electron chi connectivity index (χ4n) is 3.61. The number of nitrogens with zero attached hydrogens (tertiary/aromatic N) is 3. The van der Waals surface area contributed by atoms with Crippen molar-refractivity contribution in [1.29, 1.82) is 0 Å². The highest BCUT2D eigenvalue weighted by Gasteiger charge is 2.26. The molecule has 3 heterocycles. The van der Waals surface area contributed by atoms with E-state index in [1.54, 1.807) is 6.33 Å². The van der Waals surface area contributed by atoms with Crippen LogP contribution in [0, 0.1) is 0 Å². The minimum Gasteiger partial charge on any atom is -0.356 e. The van der Waals surface area contributed by atoms with Crippen molar-refractivity contribution >= 4 is 5.82 Å². The molecule has 2 N–H and O–H groups in total. The van der Waals surface area contributed by atoms with Crippen LogP contribution in [-0.2, 0) is 6.42 Å². The van der Waals surface area contributed by atoms with Crippen molar-refractivity contribution in [3.63, 3.8) is 0 Å². The number of nitrogens with one attached hydrogen (secondary N) is 2. The summed E-state index contributed by atoms with van der Waals surface area (Å²) >= 11 is 0. The highest BCUT2D eigenvalue weighted by molar-refractivity contribution is 5.45. The monoisotopic (exact) mass is 321 g/mol. The fourth-order valence-corrected chi connectivity index (χ4v) is 3.61. The van der Waals surface area contributed by atoms with Crippen LogP contribution in [0.3, 0.4) is 0 Å². The van der Waals surface area contributed by atoms with Gasteiger partial charge in [0.2, 0.25) is 0 Å². The smallest absolute Gasteiger partial charge is 0.135 e. The Morgan fingerprint density at radius 3 is 2.91 bits per heavy atom. The summed E-state index contributed by atoms with van der Waals surface area (Å²) in [6.45, 7) is 5.62. The van der Waals surface area contributed by atoms with Crippen LogP contribution in [0.15, 0.2) is 12.5 Å². The maximum Gasteiger partial charge on any atom is 0.135 e. The summed E-state index contributed by atoms with van der Waals surface area (Å²) in [5.74, 6) is 1.11. The standard InChI is InChI=1S/C17H28FN5/c1-2-3-13-9-19-12-22-17(13)23-6-4-15(5-7-23)21-11-16-8-14(18)10-20-16/h9,12,14-16,20-21H,2-8,10-11H2,1H3/t14-,16-/m0/s1. The van der Waals surface area contributed by atoms with Gasteiger partial charge in [-0.3, -0.25) is 0 Å². The predicted molar refractivity (Wildman–Crippen MR) is 90.6 cm³/mol. The average molecular weight is 321 g/mol. The third kappa shape index (κ3) is 4.38. The van der Waals surface area contributed by atoms with Gasteiger partial charge in [0.25, 0.3) is 0 Å². The van der Waals surface area contributed by atoms with Gasteiger partial charge in [-0.05, 0) is 25.7 Å². The van der Waals surface area contributed by atoms with Gasteiger partial charge in [-0.2, -0.15) is 0 Å². The summed E-state index contributed by atoms with van der Waals surface area (Å²) in [7, 11) is 0. The Kier molecular flexibility index (Phi) is 5.78. The van der Waals surface area contributed by atoms with Gasteiger partial charge in [-0.1, -0.05) is 13.3 Å². The van der Waals surface area contributed by atoms with Gasteiger partial charge in [0.05, 0.1) is 0 Å². The lowest BCUT2D eigenvalue weighted by molar-refractivity contribution is 0.347. The first-order valence-corrected chi connectivity index (χ1v) is 8.91. The molecule has 0 bridgehead atoms. The second-order valence-corrected chi connectivity index (χ2v) is 6.73. The average Bonchev–Trinajstić information content (AvgIpc) is 3.00. The second kappa shape index (κ2) is 8.02. The first-order chi connectivity index (χ1) is 11.3. The molecule has 5 nitrogen and oxygen atoms in total. The Balaban J connectivity index is 1.47. The summed E-state index contributed by atoms with van der Waals surface area (Å²) in [6.07, 6.45) is 7.95. The third-order valence-corrected chi connectivity index (χ3v) is 4.90. The molecule has 2 aliphatic heterocycles. The molecule has 1 aromatic rings. The predicted octanol–water partition coefficient (Wildman–Crippen LogP) is 1.69. The van der Waals surface area contributed by atoms with Crippen LogP contribution < -0.4 is 15.5 Å². The Morgan fingerprint density at radius 2 is 2.22 bits per heavy atom. The Hall–Kier alpha value is -1.27. The van der Waals surface area contributed by atoms with Gasteiger partial charge in [0, 0.05) is 50.0 Å². The van der Waals surface area contributed by atoms with Crippen molar-refractivity contribution in [3.8, 4) is 0 Å². The topological polar surface area (TPSA) is 53.1 Å². The molecule has 3 rings (SSSR count). The van der Waals surface area contributed by atoms with E-state index in [1.165, 1.54) is 5.56 Å². The lowest BCUT2D eigenvalue weighted by atomic mass is 10.0. The van der Waals surface area contributed by atoms with Gasteiger partial charge >= 0.3 is 0 Å². The minimum atomic E-state index is -0.668. The molecule has 2 aliphatic rings. The van der Waals surface area contributed by atoms with E-state index in [4.69, 9.17) is 0 Å². The fraction of sp³-hybridized carbons (Fsp3) is 0.765. The lowest BCUT2D eigenvalue weighted by Crippen LogP contribution is -2.46. The Labute approximate surface area is 138 Å². The first kappa shape index (κ1) is 16.6. The van der Waals surface area contributed by atoms with E-state index in [0.717, 1.165) is 51.1 Å². The van der Waals surface area contributed by atoms with Crippen LogP contribution in [-0.4, -0.2) is 54.4 Å². The lowest BCUT2D eigenvalue weighted by Gasteiger charge is -2.34. The Morgan fingerprint density at radius 1 is 1.39 bits per heavy atom. The minimum absolute atomic E-state index is 0.293. The van der Waals surface area contributed by atoms with E-state index in [1.807, 2.05) is 6.20 Å². The van der Waals surface area contributed by atoms with E-state index in [2.05, 4.69) is 32.4 Å². The third-order valence-electron chi connectivity index (χ3n) is 4.90. The van der Waals surface area contributed by atoms with Crippen molar-refractivity contribution in [2.45, 2.75) is 57.3 Å². The highest BCUT2D eigenvalue weighted by atomic mass is 19.1. The van der Waals surface area contributed by atoms with Crippen molar-refractivity contribution < 1.29 is 4.39 Å². The number of alkyl halides is 1. The number of halogens is 1. The molecule has 0 aliphatic carbocycles. The largest absolute Gasteiger partial charge is 0.356 e. The number of hydrogen-bond acceptors (Lipinski definition) is 5. The van der Waals surface area contributed by atoms with Crippen LogP contribution in [0.4, 0.5) is 10.2 Å². The summed E-state index contributed by atoms with van der Waals surface area (Å²) in [5, 5.41) is 6.84. The van der Waals surface area contributed by atoms with E-state index in [0.29, 0.717) is 25.0 Å². The zero-order valence-electron chi connectivity index (χ0n) is 14.0. The molecule has 0 aromatic carbocycles. The number of rotatable bonds is 6. The number of anilines is 1. The highest BCUT2D eigenvalue weighted by Crippen LogP contribution is 2.22. The molecule has 0 radical (unpaired) electrons. The molecule has 2 saturated heterocycles. The molecule has 0 amide bonds. The van der Waals surface area contributed by atoms with Crippen molar-refractivity contribution in [3.05, 3.63) is 18.1 Å². The molecule has 128 valence electrons. The molecule has 0 spiro atoms. The van der Waals surface area contributed by atoms with Gasteiger partial charge in [-0.25, -0.2) is 14.4 Å². The number of hydrogen-bond donors (Lipinski definition) is 2. The van der Waals surface area contributed by atoms with Crippen LogP contribution in [0.25, 0.3) is 0 Å². The Bertz CT molecular complexity index is 490. The molecule has 6 heteroatoms. The van der Waals surface area contributed by atoms with Gasteiger partial charge in [-0.15, -0.1) is 0 Å². The molecular weight excluding hydrogens is 293 g/mol. The molecule has 2 atom stereocenters. The van der Waals surface area contributed by atoms with Crippen LogP contribution >= 0.6 is 0 Å². The number of aromatic nitrogens is 2. The SMILES string of the molecule is CCCc1cncnc1N1CCC(NC[C@@H]2C[C@H](F)CN2)CC1.